The predicted octanol–water partition coefficient (Wildman–Crippen LogP) is 2.45. The second kappa shape index (κ2) is 8.75. The number of carbonyl (C=O) groups excluding carboxylic acids is 2. The number of hydrogen-bond donors (Lipinski definition) is 2. The van der Waals surface area contributed by atoms with Gasteiger partial charge in [-0.3, -0.25) is 9.59 Å². The van der Waals surface area contributed by atoms with Crippen LogP contribution in [-0.2, 0) is 21.2 Å². The van der Waals surface area contributed by atoms with Crippen molar-refractivity contribution in [1.82, 2.24) is 4.31 Å². The van der Waals surface area contributed by atoms with E-state index < -0.39 is 15.9 Å². The molecular weight excluding hydrogens is 390 g/mol. The number of rotatable bonds is 6. The molecule has 0 unspecified atom stereocenters. The Morgan fingerprint density at radius 2 is 1.69 bits per heavy atom. The molecule has 0 aromatic heterocycles. The van der Waals surface area contributed by atoms with Gasteiger partial charge in [-0.05, 0) is 55.2 Å². The van der Waals surface area contributed by atoms with Gasteiger partial charge in [0.05, 0.1) is 11.3 Å². The molecule has 2 amide bonds. The van der Waals surface area contributed by atoms with Crippen molar-refractivity contribution in [2.45, 2.75) is 37.5 Å². The van der Waals surface area contributed by atoms with Crippen LogP contribution in [0, 0.1) is 6.92 Å². The van der Waals surface area contributed by atoms with Crippen molar-refractivity contribution < 1.29 is 18.0 Å². The molecule has 29 heavy (non-hydrogen) atoms. The van der Waals surface area contributed by atoms with Crippen molar-refractivity contribution >= 4 is 27.5 Å². The van der Waals surface area contributed by atoms with Gasteiger partial charge in [0.1, 0.15) is 0 Å². The van der Waals surface area contributed by atoms with Gasteiger partial charge in [-0.25, -0.2) is 8.42 Å². The summed E-state index contributed by atoms with van der Waals surface area (Å²) in [6.45, 7) is 2.78. The lowest BCUT2D eigenvalue weighted by molar-refractivity contribution is -0.117. The van der Waals surface area contributed by atoms with Crippen molar-refractivity contribution in [3.05, 3.63) is 59.2 Å². The summed E-state index contributed by atoms with van der Waals surface area (Å²) in [6, 6.07) is 11.4. The van der Waals surface area contributed by atoms with Gasteiger partial charge < -0.3 is 11.1 Å². The van der Waals surface area contributed by atoms with E-state index in [0.717, 1.165) is 24.8 Å². The lowest BCUT2D eigenvalue weighted by Crippen LogP contribution is -2.35. The van der Waals surface area contributed by atoms with E-state index in [2.05, 4.69) is 5.32 Å². The van der Waals surface area contributed by atoms with Crippen LogP contribution in [-0.4, -0.2) is 37.6 Å². The number of benzene rings is 2. The Hall–Kier alpha value is -2.71. The number of nitrogens with zero attached hydrogens (tertiary/aromatic N) is 1. The maximum atomic E-state index is 12.9. The fourth-order valence-corrected chi connectivity index (χ4v) is 4.91. The van der Waals surface area contributed by atoms with Crippen LogP contribution in [0.25, 0.3) is 0 Å². The molecule has 0 aliphatic carbocycles. The van der Waals surface area contributed by atoms with E-state index >= 15 is 0 Å². The first-order chi connectivity index (χ1) is 13.8. The van der Waals surface area contributed by atoms with Crippen molar-refractivity contribution in [2.75, 3.05) is 18.4 Å². The maximum absolute atomic E-state index is 12.9. The summed E-state index contributed by atoms with van der Waals surface area (Å²) in [6.07, 6.45) is 2.86. The van der Waals surface area contributed by atoms with Crippen LogP contribution in [0.1, 0.15) is 40.7 Å². The van der Waals surface area contributed by atoms with E-state index in [1.807, 2.05) is 0 Å². The average molecular weight is 416 g/mol. The fourth-order valence-electron chi connectivity index (χ4n) is 3.37. The van der Waals surface area contributed by atoms with Gasteiger partial charge in [-0.2, -0.15) is 4.31 Å². The second-order valence-electron chi connectivity index (χ2n) is 7.24. The zero-order chi connectivity index (χ0) is 21.0. The third kappa shape index (κ3) is 5.02. The minimum atomic E-state index is -3.62. The van der Waals surface area contributed by atoms with Gasteiger partial charge in [-0.15, -0.1) is 0 Å². The molecule has 2 aromatic carbocycles. The van der Waals surface area contributed by atoms with Crippen LogP contribution in [0.3, 0.4) is 0 Å². The third-order valence-corrected chi connectivity index (χ3v) is 6.89. The van der Waals surface area contributed by atoms with Gasteiger partial charge in [0, 0.05) is 24.3 Å². The number of nitrogens with one attached hydrogen (secondary N) is 1. The highest BCUT2D eigenvalue weighted by Gasteiger charge is 2.27. The zero-order valence-electron chi connectivity index (χ0n) is 16.3. The third-order valence-electron chi connectivity index (χ3n) is 5.00. The molecule has 3 N–H and O–H groups in total. The number of carbonyl (C=O) groups is 2. The fraction of sp³-hybridized carbons (Fsp3) is 0.333. The summed E-state index contributed by atoms with van der Waals surface area (Å²) in [5.74, 6) is -0.815. The number of primary amides is 1. The van der Waals surface area contributed by atoms with Gasteiger partial charge in [0.25, 0.3) is 5.91 Å². The summed E-state index contributed by atoms with van der Waals surface area (Å²) in [4.78, 5) is 23.9. The molecule has 7 nitrogen and oxygen atoms in total. The summed E-state index contributed by atoms with van der Waals surface area (Å²) in [5, 5.41) is 2.77. The average Bonchev–Trinajstić information content (AvgIpc) is 2.70. The van der Waals surface area contributed by atoms with Crippen molar-refractivity contribution in [3.63, 3.8) is 0 Å². The van der Waals surface area contributed by atoms with E-state index in [1.54, 1.807) is 43.3 Å². The highest BCUT2D eigenvalue weighted by atomic mass is 32.2. The Labute approximate surface area is 171 Å². The maximum Gasteiger partial charge on any atom is 0.255 e. The summed E-state index contributed by atoms with van der Waals surface area (Å²) in [7, 11) is -3.62. The molecule has 8 heteroatoms. The summed E-state index contributed by atoms with van der Waals surface area (Å²) in [5.41, 5.74) is 7.47. The Balaban J connectivity index is 1.80. The number of piperidine rings is 1. The molecule has 1 saturated heterocycles. The molecule has 1 aliphatic heterocycles. The molecule has 2 aromatic rings. The van der Waals surface area contributed by atoms with E-state index in [1.165, 1.54) is 10.4 Å². The van der Waals surface area contributed by atoms with Crippen LogP contribution < -0.4 is 11.1 Å². The Bertz CT molecular complexity index is 1010. The van der Waals surface area contributed by atoms with Gasteiger partial charge >= 0.3 is 0 Å². The normalized spacial score (nSPS) is 15.1. The highest BCUT2D eigenvalue weighted by molar-refractivity contribution is 7.89. The predicted molar refractivity (Wildman–Crippen MR) is 111 cm³/mol. The minimum Gasteiger partial charge on any atom is -0.369 e. The van der Waals surface area contributed by atoms with Gasteiger partial charge in [0.2, 0.25) is 15.9 Å². The summed E-state index contributed by atoms with van der Waals surface area (Å²) < 4.78 is 27.3. The smallest absolute Gasteiger partial charge is 0.255 e. The van der Waals surface area contributed by atoms with Crippen LogP contribution in [0.2, 0.25) is 0 Å². The second-order valence-corrected chi connectivity index (χ2v) is 9.17. The first-order valence-corrected chi connectivity index (χ1v) is 11.0. The topological polar surface area (TPSA) is 110 Å². The quantitative estimate of drug-likeness (QED) is 0.755. The molecule has 0 bridgehead atoms. The number of anilines is 1. The zero-order valence-corrected chi connectivity index (χ0v) is 17.2. The molecule has 0 atom stereocenters. The van der Waals surface area contributed by atoms with Crippen LogP contribution in [0.15, 0.2) is 47.4 Å². The molecule has 3 rings (SSSR count). The van der Waals surface area contributed by atoms with E-state index in [9.17, 15) is 18.0 Å². The van der Waals surface area contributed by atoms with Crippen LogP contribution >= 0.6 is 0 Å². The Morgan fingerprint density at radius 3 is 2.31 bits per heavy atom. The van der Waals surface area contributed by atoms with E-state index in [4.69, 9.17) is 5.73 Å². The molecule has 1 heterocycles. The van der Waals surface area contributed by atoms with Crippen molar-refractivity contribution in [1.29, 1.82) is 0 Å². The Kier molecular flexibility index (Phi) is 6.34. The largest absolute Gasteiger partial charge is 0.369 e. The van der Waals surface area contributed by atoms with Gasteiger partial charge in [-0.1, -0.05) is 24.6 Å². The Morgan fingerprint density at radius 1 is 1.03 bits per heavy atom. The molecule has 0 radical (unpaired) electrons. The molecule has 0 saturated carbocycles. The SMILES string of the molecule is Cc1ccc(S(=O)(=O)N2CCCCC2)cc1C(=O)Nc1ccc(CC(N)=O)cc1. The van der Waals surface area contributed by atoms with Crippen LogP contribution in [0.5, 0.6) is 0 Å². The monoisotopic (exact) mass is 415 g/mol. The number of sulfonamides is 1. The van der Waals surface area contributed by atoms with E-state index in [0.29, 0.717) is 29.9 Å². The van der Waals surface area contributed by atoms with Crippen molar-refractivity contribution in [2.24, 2.45) is 5.73 Å². The molecule has 154 valence electrons. The number of amides is 2. The van der Waals surface area contributed by atoms with Crippen molar-refractivity contribution in [3.8, 4) is 0 Å². The molecule has 1 fully saturated rings. The standard InChI is InChI=1S/C21H25N3O4S/c1-15-5-10-18(29(27,28)24-11-3-2-4-12-24)14-19(15)21(26)23-17-8-6-16(7-9-17)13-20(22)25/h5-10,14H,2-4,11-13H2,1H3,(H2,22,25)(H,23,26). The molecular formula is C21H25N3O4S. The van der Waals surface area contributed by atoms with Crippen LogP contribution in [0.4, 0.5) is 5.69 Å². The molecule has 0 spiro atoms. The lowest BCUT2D eigenvalue weighted by atomic mass is 10.1. The van der Waals surface area contributed by atoms with Gasteiger partial charge in [0.15, 0.2) is 0 Å². The number of nitrogens with two attached hydrogens (primary N) is 1. The first-order valence-electron chi connectivity index (χ1n) is 9.57. The first kappa shape index (κ1) is 21.0. The molecule has 1 aliphatic rings. The summed E-state index contributed by atoms with van der Waals surface area (Å²) >= 11 is 0. The number of aryl methyl sites for hydroxylation is 1. The lowest BCUT2D eigenvalue weighted by Gasteiger charge is -2.26. The van der Waals surface area contributed by atoms with E-state index in [-0.39, 0.29) is 17.2 Å². The highest BCUT2D eigenvalue weighted by Crippen LogP contribution is 2.23. The minimum absolute atomic E-state index is 0.129. The number of hydrogen-bond acceptors (Lipinski definition) is 4.